The van der Waals surface area contributed by atoms with E-state index in [1.54, 1.807) is 37.3 Å². The van der Waals surface area contributed by atoms with E-state index in [4.69, 9.17) is 5.73 Å². The molecule has 20 heavy (non-hydrogen) atoms. The number of anilines is 2. The first-order valence-electron chi connectivity index (χ1n) is 6.43. The quantitative estimate of drug-likeness (QED) is 0.751. The van der Waals surface area contributed by atoms with Gasteiger partial charge in [-0.25, -0.2) is 0 Å². The molecule has 0 aliphatic rings. The molecule has 0 bridgehead atoms. The normalized spacial score (nSPS) is 11.9. The Kier molecular flexibility index (Phi) is 4.05. The van der Waals surface area contributed by atoms with Crippen molar-refractivity contribution in [2.45, 2.75) is 20.0 Å². The molecule has 2 aromatic carbocycles. The molecule has 0 aromatic heterocycles. The van der Waals surface area contributed by atoms with Gasteiger partial charge >= 0.3 is 0 Å². The molecule has 4 heteroatoms. The van der Waals surface area contributed by atoms with Crippen molar-refractivity contribution in [1.82, 2.24) is 0 Å². The third-order valence-corrected chi connectivity index (χ3v) is 3.17. The molecule has 104 valence electrons. The van der Waals surface area contributed by atoms with Crippen molar-refractivity contribution in [3.8, 4) is 0 Å². The summed E-state index contributed by atoms with van der Waals surface area (Å²) >= 11 is 0. The van der Waals surface area contributed by atoms with Gasteiger partial charge in [-0.15, -0.1) is 0 Å². The third-order valence-electron chi connectivity index (χ3n) is 3.17. The number of hydrogen-bond acceptors (Lipinski definition) is 3. The van der Waals surface area contributed by atoms with Gasteiger partial charge in [-0.05, 0) is 49.2 Å². The predicted molar refractivity (Wildman–Crippen MR) is 80.6 cm³/mol. The standard InChI is InChI=1S/C16H18N2O2/c1-10-6-7-13(9-15(10)17)16(20)18-14-5-3-4-12(8-14)11(2)19/h3-9,11,19H,17H2,1-2H3,(H,18,20)/t11-/m1/s1. The Morgan fingerprint density at radius 1 is 1.25 bits per heavy atom. The maximum atomic E-state index is 12.1. The molecule has 0 heterocycles. The van der Waals surface area contributed by atoms with Gasteiger partial charge in [0.15, 0.2) is 0 Å². The second-order valence-electron chi connectivity index (χ2n) is 4.83. The van der Waals surface area contributed by atoms with Crippen molar-refractivity contribution < 1.29 is 9.90 Å². The summed E-state index contributed by atoms with van der Waals surface area (Å²) in [5.41, 5.74) is 9.25. The van der Waals surface area contributed by atoms with E-state index in [0.29, 0.717) is 16.9 Å². The number of nitrogen functional groups attached to an aromatic ring is 1. The number of rotatable bonds is 3. The lowest BCUT2D eigenvalue weighted by atomic mass is 10.1. The van der Waals surface area contributed by atoms with Gasteiger partial charge in [-0.1, -0.05) is 18.2 Å². The van der Waals surface area contributed by atoms with Gasteiger partial charge in [0.2, 0.25) is 0 Å². The number of nitrogens with one attached hydrogen (secondary N) is 1. The van der Waals surface area contributed by atoms with Crippen LogP contribution in [0.2, 0.25) is 0 Å². The highest BCUT2D eigenvalue weighted by molar-refractivity contribution is 6.04. The highest BCUT2D eigenvalue weighted by Crippen LogP contribution is 2.19. The van der Waals surface area contributed by atoms with Crippen LogP contribution in [0.25, 0.3) is 0 Å². The second-order valence-corrected chi connectivity index (χ2v) is 4.83. The molecule has 2 aromatic rings. The van der Waals surface area contributed by atoms with Crippen LogP contribution in [0.3, 0.4) is 0 Å². The van der Waals surface area contributed by atoms with E-state index >= 15 is 0 Å². The number of nitrogens with two attached hydrogens (primary N) is 1. The maximum Gasteiger partial charge on any atom is 0.255 e. The summed E-state index contributed by atoms with van der Waals surface area (Å²) in [5, 5.41) is 12.3. The largest absolute Gasteiger partial charge is 0.398 e. The summed E-state index contributed by atoms with van der Waals surface area (Å²) in [6.45, 7) is 3.57. The van der Waals surface area contributed by atoms with Gasteiger partial charge in [0.1, 0.15) is 0 Å². The van der Waals surface area contributed by atoms with Crippen molar-refractivity contribution in [1.29, 1.82) is 0 Å². The fourth-order valence-electron chi connectivity index (χ4n) is 1.86. The van der Waals surface area contributed by atoms with E-state index in [9.17, 15) is 9.90 Å². The van der Waals surface area contributed by atoms with Crippen LogP contribution in [0.4, 0.5) is 11.4 Å². The molecule has 0 saturated heterocycles. The Bertz CT molecular complexity index is 636. The third kappa shape index (κ3) is 3.16. The van der Waals surface area contributed by atoms with Crippen LogP contribution in [0, 0.1) is 6.92 Å². The molecule has 0 aliphatic heterocycles. The van der Waals surface area contributed by atoms with Crippen LogP contribution in [-0.2, 0) is 0 Å². The fourth-order valence-corrected chi connectivity index (χ4v) is 1.86. The van der Waals surface area contributed by atoms with Crippen molar-refractivity contribution in [3.63, 3.8) is 0 Å². The first-order chi connectivity index (χ1) is 9.47. The van der Waals surface area contributed by atoms with E-state index in [1.807, 2.05) is 19.1 Å². The zero-order valence-electron chi connectivity index (χ0n) is 11.6. The molecule has 0 aliphatic carbocycles. The summed E-state index contributed by atoms with van der Waals surface area (Å²) in [6.07, 6.45) is -0.568. The van der Waals surface area contributed by atoms with Gasteiger partial charge in [0, 0.05) is 16.9 Å². The number of aryl methyl sites for hydroxylation is 1. The average Bonchev–Trinajstić information content (AvgIpc) is 2.42. The molecule has 0 radical (unpaired) electrons. The average molecular weight is 270 g/mol. The Hall–Kier alpha value is -2.33. The molecule has 1 atom stereocenters. The highest BCUT2D eigenvalue weighted by Gasteiger charge is 2.08. The number of carbonyl (C=O) groups excluding carboxylic acids is 1. The monoisotopic (exact) mass is 270 g/mol. The van der Waals surface area contributed by atoms with E-state index in [-0.39, 0.29) is 5.91 Å². The van der Waals surface area contributed by atoms with Crippen LogP contribution in [0.15, 0.2) is 42.5 Å². The Morgan fingerprint density at radius 2 is 2.00 bits per heavy atom. The zero-order chi connectivity index (χ0) is 14.7. The minimum Gasteiger partial charge on any atom is -0.398 e. The van der Waals surface area contributed by atoms with Gasteiger partial charge in [0.05, 0.1) is 6.10 Å². The summed E-state index contributed by atoms with van der Waals surface area (Å²) in [7, 11) is 0. The smallest absolute Gasteiger partial charge is 0.255 e. The van der Waals surface area contributed by atoms with Crippen LogP contribution in [0.1, 0.15) is 34.5 Å². The van der Waals surface area contributed by atoms with Crippen LogP contribution < -0.4 is 11.1 Å². The van der Waals surface area contributed by atoms with Gasteiger partial charge in [0.25, 0.3) is 5.91 Å². The van der Waals surface area contributed by atoms with E-state index < -0.39 is 6.10 Å². The summed E-state index contributed by atoms with van der Waals surface area (Å²) in [6, 6.07) is 12.3. The number of aliphatic hydroxyl groups excluding tert-OH is 1. The first kappa shape index (κ1) is 14.1. The molecule has 4 nitrogen and oxygen atoms in total. The van der Waals surface area contributed by atoms with Gasteiger partial charge in [-0.2, -0.15) is 0 Å². The molecular formula is C16H18N2O2. The Morgan fingerprint density at radius 3 is 2.65 bits per heavy atom. The summed E-state index contributed by atoms with van der Waals surface area (Å²) < 4.78 is 0. The molecular weight excluding hydrogens is 252 g/mol. The predicted octanol–water partition coefficient (Wildman–Crippen LogP) is 2.88. The second kappa shape index (κ2) is 5.75. The lowest BCUT2D eigenvalue weighted by Crippen LogP contribution is -2.12. The van der Waals surface area contributed by atoms with Crippen molar-refractivity contribution in [2.75, 3.05) is 11.1 Å². The fraction of sp³-hybridized carbons (Fsp3) is 0.188. The number of amides is 1. The van der Waals surface area contributed by atoms with E-state index in [0.717, 1.165) is 11.1 Å². The van der Waals surface area contributed by atoms with Gasteiger partial charge < -0.3 is 16.2 Å². The molecule has 0 spiro atoms. The molecule has 0 unspecified atom stereocenters. The number of aliphatic hydroxyl groups is 1. The molecule has 0 saturated carbocycles. The first-order valence-corrected chi connectivity index (χ1v) is 6.43. The number of hydrogen-bond donors (Lipinski definition) is 3. The van der Waals surface area contributed by atoms with E-state index in [2.05, 4.69) is 5.32 Å². The summed E-state index contributed by atoms with van der Waals surface area (Å²) in [5.74, 6) is -0.223. The number of benzene rings is 2. The van der Waals surface area contributed by atoms with Crippen LogP contribution in [-0.4, -0.2) is 11.0 Å². The minimum atomic E-state index is -0.568. The molecule has 0 fully saturated rings. The van der Waals surface area contributed by atoms with Crippen molar-refractivity contribution in [3.05, 3.63) is 59.2 Å². The Balaban J connectivity index is 2.19. The molecule has 2 rings (SSSR count). The maximum absolute atomic E-state index is 12.1. The van der Waals surface area contributed by atoms with Gasteiger partial charge in [-0.3, -0.25) is 4.79 Å². The zero-order valence-corrected chi connectivity index (χ0v) is 11.6. The molecule has 4 N–H and O–H groups in total. The van der Waals surface area contributed by atoms with E-state index in [1.165, 1.54) is 0 Å². The van der Waals surface area contributed by atoms with Crippen molar-refractivity contribution in [2.24, 2.45) is 0 Å². The van der Waals surface area contributed by atoms with Crippen molar-refractivity contribution >= 4 is 17.3 Å². The summed E-state index contributed by atoms with van der Waals surface area (Å²) in [4.78, 5) is 12.1. The lowest BCUT2D eigenvalue weighted by molar-refractivity contribution is 0.102. The Labute approximate surface area is 118 Å². The van der Waals surface area contributed by atoms with Crippen LogP contribution >= 0.6 is 0 Å². The number of carbonyl (C=O) groups is 1. The lowest BCUT2D eigenvalue weighted by Gasteiger charge is -2.10. The SMILES string of the molecule is Cc1ccc(C(=O)Nc2cccc([C@@H](C)O)c2)cc1N. The highest BCUT2D eigenvalue weighted by atomic mass is 16.3. The van der Waals surface area contributed by atoms with Crippen LogP contribution in [0.5, 0.6) is 0 Å². The molecule has 1 amide bonds. The minimum absolute atomic E-state index is 0.223. The topological polar surface area (TPSA) is 75.3 Å².